The second-order valence-electron chi connectivity index (χ2n) is 5.35. The van der Waals surface area contributed by atoms with Crippen LogP contribution < -0.4 is 11.1 Å². The molecule has 0 aliphatic heterocycles. The Labute approximate surface area is 110 Å². The summed E-state index contributed by atoms with van der Waals surface area (Å²) in [6.45, 7) is 5.02. The van der Waals surface area contributed by atoms with Crippen LogP contribution in [-0.4, -0.2) is 23.0 Å². The first-order valence-electron chi connectivity index (χ1n) is 5.71. The van der Waals surface area contributed by atoms with Gasteiger partial charge < -0.3 is 16.2 Å². The number of halogens is 1. The third-order valence-electron chi connectivity index (χ3n) is 2.63. The molecule has 6 heteroatoms. The lowest BCUT2D eigenvalue weighted by molar-refractivity contribution is -0.142. The molecule has 19 heavy (non-hydrogen) atoms. The molecule has 0 fully saturated rings. The first kappa shape index (κ1) is 14.9. The van der Waals surface area contributed by atoms with E-state index in [-0.39, 0.29) is 11.3 Å². The quantitative estimate of drug-likeness (QED) is 0.726. The first-order valence-corrected chi connectivity index (χ1v) is 5.71. The molecule has 4 N–H and O–H groups in total. The summed E-state index contributed by atoms with van der Waals surface area (Å²) in [5.41, 5.74) is 4.65. The zero-order chi connectivity index (χ0) is 14.8. The van der Waals surface area contributed by atoms with E-state index in [4.69, 9.17) is 10.8 Å². The summed E-state index contributed by atoms with van der Waals surface area (Å²) in [4.78, 5) is 23.0. The van der Waals surface area contributed by atoms with Crippen molar-refractivity contribution in [2.24, 2.45) is 5.41 Å². The van der Waals surface area contributed by atoms with Gasteiger partial charge in [-0.15, -0.1) is 0 Å². The van der Waals surface area contributed by atoms with Crippen LogP contribution in [0.4, 0.5) is 10.1 Å². The molecule has 1 aromatic carbocycles. The Kier molecular flexibility index (Phi) is 4.14. The zero-order valence-corrected chi connectivity index (χ0v) is 11.0. The predicted molar refractivity (Wildman–Crippen MR) is 69.2 cm³/mol. The van der Waals surface area contributed by atoms with Gasteiger partial charge in [0.25, 0.3) is 5.91 Å². The number of hydrogen-bond donors (Lipinski definition) is 3. The molecule has 1 aromatic rings. The van der Waals surface area contributed by atoms with Gasteiger partial charge in [0, 0.05) is 5.69 Å². The highest BCUT2D eigenvalue weighted by molar-refractivity contribution is 5.97. The molecule has 1 unspecified atom stereocenters. The van der Waals surface area contributed by atoms with Gasteiger partial charge in [0.1, 0.15) is 11.9 Å². The van der Waals surface area contributed by atoms with E-state index < -0.39 is 29.2 Å². The molecule has 0 aliphatic rings. The maximum absolute atomic E-state index is 13.6. The number of rotatable bonds is 3. The monoisotopic (exact) mass is 268 g/mol. The van der Waals surface area contributed by atoms with Crippen LogP contribution in [0.1, 0.15) is 31.1 Å². The van der Waals surface area contributed by atoms with Crippen molar-refractivity contribution < 1.29 is 19.1 Å². The normalized spacial score (nSPS) is 12.8. The summed E-state index contributed by atoms with van der Waals surface area (Å²) in [6.07, 6.45) is 0. The number of carboxylic acids is 1. The Morgan fingerprint density at radius 3 is 2.37 bits per heavy atom. The van der Waals surface area contributed by atoms with Gasteiger partial charge in [-0.3, -0.25) is 4.79 Å². The SMILES string of the molecule is CC(C)(C)C(NC(=O)c1ccc(N)cc1F)C(=O)O. The Bertz CT molecular complexity index is 509. The van der Waals surface area contributed by atoms with Gasteiger partial charge in [0.2, 0.25) is 0 Å². The Balaban J connectivity index is 2.98. The number of hydrogen-bond acceptors (Lipinski definition) is 3. The van der Waals surface area contributed by atoms with Crippen LogP contribution in [0.25, 0.3) is 0 Å². The van der Waals surface area contributed by atoms with E-state index in [9.17, 15) is 14.0 Å². The maximum atomic E-state index is 13.6. The van der Waals surface area contributed by atoms with E-state index in [0.29, 0.717) is 0 Å². The van der Waals surface area contributed by atoms with Gasteiger partial charge >= 0.3 is 5.97 Å². The number of nitrogen functional groups attached to an aromatic ring is 1. The van der Waals surface area contributed by atoms with Crippen molar-refractivity contribution in [1.82, 2.24) is 5.32 Å². The average molecular weight is 268 g/mol. The number of nitrogens with one attached hydrogen (secondary N) is 1. The Hall–Kier alpha value is -2.11. The topological polar surface area (TPSA) is 92.4 Å². The molecule has 0 aromatic heterocycles. The second kappa shape index (κ2) is 5.26. The molecule has 0 heterocycles. The van der Waals surface area contributed by atoms with E-state index in [0.717, 1.165) is 6.07 Å². The summed E-state index contributed by atoms with van der Waals surface area (Å²) < 4.78 is 13.6. The molecule has 1 amide bonds. The Morgan fingerprint density at radius 2 is 1.95 bits per heavy atom. The Morgan fingerprint density at radius 1 is 1.37 bits per heavy atom. The number of benzene rings is 1. The van der Waals surface area contributed by atoms with Gasteiger partial charge in [-0.05, 0) is 23.6 Å². The minimum atomic E-state index is -1.17. The largest absolute Gasteiger partial charge is 0.480 e. The molecule has 0 spiro atoms. The van der Waals surface area contributed by atoms with Crippen LogP contribution in [0.3, 0.4) is 0 Å². The van der Waals surface area contributed by atoms with Gasteiger partial charge in [-0.1, -0.05) is 20.8 Å². The van der Waals surface area contributed by atoms with Gasteiger partial charge in [-0.25, -0.2) is 9.18 Å². The molecule has 104 valence electrons. The molecule has 5 nitrogen and oxygen atoms in total. The lowest BCUT2D eigenvalue weighted by atomic mass is 9.86. The fraction of sp³-hybridized carbons (Fsp3) is 0.385. The van der Waals surface area contributed by atoms with Gasteiger partial charge in [-0.2, -0.15) is 0 Å². The van der Waals surface area contributed by atoms with E-state index >= 15 is 0 Å². The number of nitrogens with two attached hydrogens (primary N) is 1. The van der Waals surface area contributed by atoms with Crippen LogP contribution in [0.2, 0.25) is 0 Å². The number of carbonyl (C=O) groups is 2. The van der Waals surface area contributed by atoms with Crippen LogP contribution in [0.15, 0.2) is 18.2 Å². The van der Waals surface area contributed by atoms with Crippen molar-refractivity contribution in [1.29, 1.82) is 0 Å². The second-order valence-corrected chi connectivity index (χ2v) is 5.35. The van der Waals surface area contributed by atoms with Crippen molar-refractivity contribution >= 4 is 17.6 Å². The summed E-state index contributed by atoms with van der Waals surface area (Å²) in [6, 6.07) is 2.51. The van der Waals surface area contributed by atoms with Crippen LogP contribution >= 0.6 is 0 Å². The molecular weight excluding hydrogens is 251 g/mol. The van der Waals surface area contributed by atoms with Crippen molar-refractivity contribution in [3.05, 3.63) is 29.6 Å². The lowest BCUT2D eigenvalue weighted by Crippen LogP contribution is -2.49. The molecule has 0 saturated heterocycles. The van der Waals surface area contributed by atoms with Crippen molar-refractivity contribution in [3.63, 3.8) is 0 Å². The highest BCUT2D eigenvalue weighted by atomic mass is 19.1. The fourth-order valence-corrected chi connectivity index (χ4v) is 1.57. The van der Waals surface area contributed by atoms with Crippen molar-refractivity contribution in [3.8, 4) is 0 Å². The van der Waals surface area contributed by atoms with Crippen molar-refractivity contribution in [2.75, 3.05) is 5.73 Å². The highest BCUT2D eigenvalue weighted by Gasteiger charge is 2.33. The van der Waals surface area contributed by atoms with E-state index in [1.807, 2.05) is 0 Å². The predicted octanol–water partition coefficient (Wildman–Crippen LogP) is 1.64. The number of aliphatic carboxylic acids is 1. The van der Waals surface area contributed by atoms with Gasteiger partial charge in [0.15, 0.2) is 0 Å². The molecule has 1 atom stereocenters. The number of amides is 1. The summed E-state index contributed by atoms with van der Waals surface area (Å²) in [5, 5.41) is 11.4. The first-order chi connectivity index (χ1) is 8.62. The van der Waals surface area contributed by atoms with Crippen LogP contribution in [0.5, 0.6) is 0 Å². The van der Waals surface area contributed by atoms with Crippen LogP contribution in [0, 0.1) is 11.2 Å². The van der Waals surface area contributed by atoms with E-state index in [2.05, 4.69) is 5.32 Å². The summed E-state index contributed by atoms with van der Waals surface area (Å²) >= 11 is 0. The third kappa shape index (κ3) is 3.67. The maximum Gasteiger partial charge on any atom is 0.326 e. The average Bonchev–Trinajstić information content (AvgIpc) is 2.23. The summed E-state index contributed by atoms with van der Waals surface area (Å²) in [7, 11) is 0. The van der Waals surface area contributed by atoms with Gasteiger partial charge in [0.05, 0.1) is 5.56 Å². The molecule has 0 saturated carbocycles. The molecule has 1 rings (SSSR count). The fourth-order valence-electron chi connectivity index (χ4n) is 1.57. The third-order valence-corrected chi connectivity index (χ3v) is 2.63. The van der Waals surface area contributed by atoms with Crippen molar-refractivity contribution in [2.45, 2.75) is 26.8 Å². The minimum Gasteiger partial charge on any atom is -0.480 e. The lowest BCUT2D eigenvalue weighted by Gasteiger charge is -2.27. The van der Waals surface area contributed by atoms with E-state index in [1.54, 1.807) is 20.8 Å². The number of carboxylic acid groups (broad SMARTS) is 1. The standard InChI is InChI=1S/C13H17FN2O3/c1-13(2,3)10(12(18)19)16-11(17)8-5-4-7(15)6-9(8)14/h4-6,10H,15H2,1-3H3,(H,16,17)(H,18,19). The molecule has 0 bridgehead atoms. The molecule has 0 radical (unpaired) electrons. The molecular formula is C13H17FN2O3. The summed E-state index contributed by atoms with van der Waals surface area (Å²) in [5.74, 6) is -2.73. The smallest absolute Gasteiger partial charge is 0.326 e. The highest BCUT2D eigenvalue weighted by Crippen LogP contribution is 2.20. The molecule has 0 aliphatic carbocycles. The minimum absolute atomic E-state index is 0.194. The number of anilines is 1. The van der Waals surface area contributed by atoms with Crippen LogP contribution in [-0.2, 0) is 4.79 Å². The number of carbonyl (C=O) groups excluding carboxylic acids is 1. The zero-order valence-electron chi connectivity index (χ0n) is 11.0. The van der Waals surface area contributed by atoms with E-state index in [1.165, 1.54) is 12.1 Å².